The summed E-state index contributed by atoms with van der Waals surface area (Å²) in [6.45, 7) is 0. The summed E-state index contributed by atoms with van der Waals surface area (Å²) < 4.78 is 0. The van der Waals surface area contributed by atoms with Crippen molar-refractivity contribution in [3.8, 4) is 0 Å². The summed E-state index contributed by atoms with van der Waals surface area (Å²) in [5.74, 6) is -0.379. The number of benzene rings is 1. The molecule has 4 heteroatoms. The molecule has 2 aromatic heterocycles. The van der Waals surface area contributed by atoms with Crippen molar-refractivity contribution in [1.82, 2.24) is 9.97 Å². The summed E-state index contributed by atoms with van der Waals surface area (Å²) in [5, 5.41) is 1.09. The van der Waals surface area contributed by atoms with Crippen LogP contribution in [0.5, 0.6) is 0 Å². The quantitative estimate of drug-likeness (QED) is 0.722. The van der Waals surface area contributed by atoms with Gasteiger partial charge in [-0.2, -0.15) is 0 Å². The summed E-state index contributed by atoms with van der Waals surface area (Å²) in [4.78, 5) is 18.6. The molecule has 4 nitrogen and oxygen atoms in total. The number of nitrogens with zero attached hydrogens (tertiary/aromatic N) is 2. The minimum atomic E-state index is -0.379. The third kappa shape index (κ3) is 3.61. The van der Waals surface area contributed by atoms with Crippen molar-refractivity contribution in [1.29, 1.82) is 0 Å². The highest BCUT2D eigenvalue weighted by Gasteiger charge is 1.93. The lowest BCUT2D eigenvalue weighted by Crippen LogP contribution is -2.09. The van der Waals surface area contributed by atoms with Crippen LogP contribution < -0.4 is 5.73 Å². The first-order chi connectivity index (χ1) is 9.27. The molecule has 0 radical (unpaired) electrons. The minimum Gasteiger partial charge on any atom is -0.366 e. The van der Waals surface area contributed by atoms with Crippen LogP contribution in [0.2, 0.25) is 0 Å². The predicted molar refractivity (Wildman–Crippen MR) is 74.5 cm³/mol. The zero-order valence-corrected chi connectivity index (χ0v) is 10.2. The first-order valence-corrected chi connectivity index (χ1v) is 5.78. The summed E-state index contributed by atoms with van der Waals surface area (Å²) in [6, 6.07) is 16.6. The first-order valence-electron chi connectivity index (χ1n) is 5.78. The van der Waals surface area contributed by atoms with E-state index in [1.807, 2.05) is 30.3 Å². The van der Waals surface area contributed by atoms with Crippen LogP contribution in [-0.2, 0) is 0 Å². The fourth-order valence-corrected chi connectivity index (χ4v) is 1.51. The highest BCUT2D eigenvalue weighted by molar-refractivity contribution is 5.92. The van der Waals surface area contributed by atoms with Crippen LogP contribution >= 0.6 is 0 Å². The maximum absolute atomic E-state index is 10.4. The molecule has 0 aliphatic carbocycles. The second-order valence-corrected chi connectivity index (χ2v) is 3.78. The van der Waals surface area contributed by atoms with Gasteiger partial charge in [-0.3, -0.25) is 4.79 Å². The van der Waals surface area contributed by atoms with E-state index in [0.717, 1.165) is 11.0 Å². The van der Waals surface area contributed by atoms with E-state index < -0.39 is 0 Å². The topological polar surface area (TPSA) is 68.9 Å². The molecule has 1 aromatic carbocycles. The largest absolute Gasteiger partial charge is 0.366 e. The molecular weight excluding hydrogens is 238 g/mol. The average molecular weight is 251 g/mol. The zero-order valence-electron chi connectivity index (χ0n) is 10.2. The number of rotatable bonds is 1. The molecule has 3 rings (SSSR count). The molecule has 3 aromatic rings. The Hall–Kier alpha value is -2.75. The van der Waals surface area contributed by atoms with Gasteiger partial charge < -0.3 is 5.73 Å². The second kappa shape index (κ2) is 6.26. The molecule has 0 aliphatic rings. The zero-order chi connectivity index (χ0) is 13.5. The van der Waals surface area contributed by atoms with Crippen LogP contribution in [0.3, 0.4) is 0 Å². The molecule has 0 fully saturated rings. The molecule has 0 spiro atoms. The van der Waals surface area contributed by atoms with Gasteiger partial charge in [-0.15, -0.1) is 0 Å². The molecule has 2 N–H and O–H groups in total. The maximum Gasteiger partial charge on any atom is 0.248 e. The van der Waals surface area contributed by atoms with Gasteiger partial charge in [-0.1, -0.05) is 18.2 Å². The smallest absolute Gasteiger partial charge is 0.248 e. The molecule has 0 unspecified atom stereocenters. The second-order valence-electron chi connectivity index (χ2n) is 3.78. The Bertz CT molecular complexity index is 603. The Labute approximate surface area is 110 Å². The monoisotopic (exact) mass is 251 g/mol. The standard InChI is InChI=1S/C8H6N2.C7H7NO/c1-3-7-4-2-6-10-8(7)9-5-1;8-7(9)6-4-2-1-3-5-6/h1-6H;1-5H,(H2,8,9). The summed E-state index contributed by atoms with van der Waals surface area (Å²) >= 11 is 0. The van der Waals surface area contributed by atoms with Crippen LogP contribution in [0.1, 0.15) is 10.4 Å². The number of hydrogen-bond donors (Lipinski definition) is 1. The van der Waals surface area contributed by atoms with Crippen molar-refractivity contribution in [2.75, 3.05) is 0 Å². The van der Waals surface area contributed by atoms with E-state index in [9.17, 15) is 4.79 Å². The molecule has 2 heterocycles. The molecule has 19 heavy (non-hydrogen) atoms. The Balaban J connectivity index is 0.000000141. The molecule has 1 amide bonds. The van der Waals surface area contributed by atoms with Crippen LogP contribution in [0.25, 0.3) is 11.0 Å². The fourth-order valence-electron chi connectivity index (χ4n) is 1.51. The number of hydrogen-bond acceptors (Lipinski definition) is 3. The highest BCUT2D eigenvalue weighted by Crippen LogP contribution is 2.04. The van der Waals surface area contributed by atoms with Crippen molar-refractivity contribution in [2.45, 2.75) is 0 Å². The van der Waals surface area contributed by atoms with E-state index in [1.54, 1.807) is 36.7 Å². The van der Waals surface area contributed by atoms with E-state index >= 15 is 0 Å². The van der Waals surface area contributed by atoms with Gasteiger partial charge in [-0.05, 0) is 36.4 Å². The van der Waals surface area contributed by atoms with E-state index in [1.165, 1.54) is 0 Å². The van der Waals surface area contributed by atoms with Crippen LogP contribution in [0, 0.1) is 0 Å². The van der Waals surface area contributed by atoms with E-state index in [4.69, 9.17) is 5.73 Å². The van der Waals surface area contributed by atoms with Crippen molar-refractivity contribution in [3.63, 3.8) is 0 Å². The number of amides is 1. The Kier molecular flexibility index (Phi) is 4.18. The average Bonchev–Trinajstić information content (AvgIpc) is 2.49. The van der Waals surface area contributed by atoms with Gasteiger partial charge in [0.2, 0.25) is 5.91 Å². The van der Waals surface area contributed by atoms with Crippen molar-refractivity contribution >= 4 is 16.9 Å². The number of nitrogens with two attached hydrogens (primary N) is 1. The summed E-state index contributed by atoms with van der Waals surface area (Å²) in [5.41, 5.74) is 6.34. The number of pyridine rings is 2. The SMILES string of the molecule is NC(=O)c1ccccc1.c1cnc2ncccc2c1. The van der Waals surface area contributed by atoms with Gasteiger partial charge in [0.15, 0.2) is 5.65 Å². The Morgan fingerprint density at radius 1 is 0.842 bits per heavy atom. The summed E-state index contributed by atoms with van der Waals surface area (Å²) in [6.07, 6.45) is 3.49. The molecule has 0 aliphatic heterocycles. The Morgan fingerprint density at radius 2 is 1.42 bits per heavy atom. The van der Waals surface area contributed by atoms with E-state index in [2.05, 4.69) is 9.97 Å². The number of aromatic nitrogens is 2. The third-order valence-electron chi connectivity index (χ3n) is 2.43. The Morgan fingerprint density at radius 3 is 1.84 bits per heavy atom. The lowest BCUT2D eigenvalue weighted by Gasteiger charge is -1.90. The van der Waals surface area contributed by atoms with Gasteiger partial charge in [0.25, 0.3) is 0 Å². The highest BCUT2D eigenvalue weighted by atomic mass is 16.1. The fraction of sp³-hybridized carbons (Fsp3) is 0. The molecule has 0 bridgehead atoms. The maximum atomic E-state index is 10.4. The molecule has 0 saturated heterocycles. The van der Waals surface area contributed by atoms with Gasteiger partial charge in [0, 0.05) is 23.3 Å². The van der Waals surface area contributed by atoms with Crippen LogP contribution in [-0.4, -0.2) is 15.9 Å². The van der Waals surface area contributed by atoms with Gasteiger partial charge in [0.1, 0.15) is 0 Å². The number of fused-ring (bicyclic) bond motifs is 1. The predicted octanol–water partition coefficient (Wildman–Crippen LogP) is 2.42. The molecule has 0 saturated carbocycles. The van der Waals surface area contributed by atoms with Crippen LogP contribution in [0.4, 0.5) is 0 Å². The lowest BCUT2D eigenvalue weighted by atomic mass is 10.2. The van der Waals surface area contributed by atoms with E-state index in [0.29, 0.717) is 5.56 Å². The van der Waals surface area contributed by atoms with Gasteiger partial charge in [-0.25, -0.2) is 9.97 Å². The number of carbonyl (C=O) groups is 1. The third-order valence-corrected chi connectivity index (χ3v) is 2.43. The van der Waals surface area contributed by atoms with Crippen molar-refractivity contribution < 1.29 is 4.79 Å². The summed E-state index contributed by atoms with van der Waals surface area (Å²) in [7, 11) is 0. The molecular formula is C15H13N3O. The number of carbonyl (C=O) groups excluding carboxylic acids is 1. The van der Waals surface area contributed by atoms with Crippen molar-refractivity contribution in [2.24, 2.45) is 5.73 Å². The molecule has 94 valence electrons. The van der Waals surface area contributed by atoms with Crippen molar-refractivity contribution in [3.05, 3.63) is 72.6 Å². The number of primary amides is 1. The minimum absolute atomic E-state index is 0.379. The van der Waals surface area contributed by atoms with Crippen LogP contribution in [0.15, 0.2) is 67.0 Å². The first kappa shape index (κ1) is 12.7. The lowest BCUT2D eigenvalue weighted by molar-refractivity contribution is 0.100. The van der Waals surface area contributed by atoms with Gasteiger partial charge in [0.05, 0.1) is 0 Å². The molecule has 0 atom stereocenters. The van der Waals surface area contributed by atoms with Gasteiger partial charge >= 0.3 is 0 Å². The van der Waals surface area contributed by atoms with E-state index in [-0.39, 0.29) is 5.91 Å². The normalized spacial score (nSPS) is 9.47.